The van der Waals surface area contributed by atoms with Crippen molar-refractivity contribution in [2.75, 3.05) is 13.1 Å². The molecule has 0 spiro atoms. The highest BCUT2D eigenvalue weighted by molar-refractivity contribution is 5.95. The molecule has 140 valence electrons. The summed E-state index contributed by atoms with van der Waals surface area (Å²) in [6.07, 6.45) is 3.42. The van der Waals surface area contributed by atoms with E-state index in [-0.39, 0.29) is 17.4 Å². The molecule has 0 aliphatic rings. The van der Waals surface area contributed by atoms with E-state index in [2.05, 4.69) is 34.4 Å². The summed E-state index contributed by atoms with van der Waals surface area (Å²) < 4.78 is 0. The van der Waals surface area contributed by atoms with E-state index in [1.54, 1.807) is 31.2 Å². The number of carbonyl (C=O) groups excluding carboxylic acids is 2. The zero-order valence-electron chi connectivity index (χ0n) is 15.5. The summed E-state index contributed by atoms with van der Waals surface area (Å²) in [7, 11) is 0. The predicted octanol–water partition coefficient (Wildman–Crippen LogP) is 2.47. The van der Waals surface area contributed by atoms with Gasteiger partial charge < -0.3 is 15.7 Å². The van der Waals surface area contributed by atoms with Crippen molar-refractivity contribution in [1.29, 1.82) is 0 Å². The van der Waals surface area contributed by atoms with Crippen molar-refractivity contribution >= 4 is 11.8 Å². The lowest BCUT2D eigenvalue weighted by molar-refractivity contribution is 0.0941. The number of benzene rings is 1. The fraction of sp³-hybridized carbons (Fsp3) is 0.286. The van der Waals surface area contributed by atoms with Crippen LogP contribution in [0.2, 0.25) is 0 Å². The summed E-state index contributed by atoms with van der Waals surface area (Å²) in [5, 5.41) is 15.4. The van der Waals surface area contributed by atoms with Crippen LogP contribution in [-0.4, -0.2) is 35.0 Å². The van der Waals surface area contributed by atoms with Gasteiger partial charge in [0.15, 0.2) is 5.69 Å². The van der Waals surface area contributed by atoms with Crippen LogP contribution in [0.1, 0.15) is 58.7 Å². The van der Waals surface area contributed by atoms with E-state index in [1.807, 2.05) is 0 Å². The van der Waals surface area contributed by atoms with Crippen LogP contribution in [0.4, 0.5) is 0 Å². The van der Waals surface area contributed by atoms with Gasteiger partial charge in [-0.15, -0.1) is 0 Å². The standard InChI is InChI=1S/C21H23N3O3/c1-3-5-12-23-20(26)17-10-8-15(9-11-17)6-7-16-13-18(25)19(24-14-16)21(27)22-4-2/h8-11,13-14,25H,3-5,12H2,1-2H3,(H,22,27)(H,23,26). The summed E-state index contributed by atoms with van der Waals surface area (Å²) in [5.41, 5.74) is 1.78. The largest absolute Gasteiger partial charge is 0.505 e. The first-order valence-corrected chi connectivity index (χ1v) is 8.92. The third kappa shape index (κ3) is 5.86. The Balaban J connectivity index is 2.06. The van der Waals surface area contributed by atoms with Crippen LogP contribution >= 0.6 is 0 Å². The van der Waals surface area contributed by atoms with Crippen molar-refractivity contribution in [2.24, 2.45) is 0 Å². The number of carbonyl (C=O) groups is 2. The normalized spacial score (nSPS) is 9.85. The smallest absolute Gasteiger partial charge is 0.273 e. The Morgan fingerprint density at radius 3 is 2.37 bits per heavy atom. The van der Waals surface area contributed by atoms with Crippen molar-refractivity contribution in [3.8, 4) is 17.6 Å². The molecule has 0 bridgehead atoms. The summed E-state index contributed by atoms with van der Waals surface area (Å²) in [6.45, 7) is 4.98. The molecular formula is C21H23N3O3. The maximum absolute atomic E-state index is 12.0. The number of amides is 2. The molecule has 0 unspecified atom stereocenters. The zero-order chi connectivity index (χ0) is 19.6. The Kier molecular flexibility index (Phi) is 7.38. The van der Waals surface area contributed by atoms with Crippen molar-refractivity contribution in [3.05, 3.63) is 58.9 Å². The lowest BCUT2D eigenvalue weighted by Gasteiger charge is -2.04. The molecular weight excluding hydrogens is 342 g/mol. The molecule has 6 heteroatoms. The number of aromatic hydroxyl groups is 1. The molecule has 1 heterocycles. The summed E-state index contributed by atoms with van der Waals surface area (Å²) >= 11 is 0. The lowest BCUT2D eigenvalue weighted by atomic mass is 10.1. The van der Waals surface area contributed by atoms with Gasteiger partial charge in [0.2, 0.25) is 0 Å². The molecule has 2 rings (SSSR count). The van der Waals surface area contributed by atoms with Gasteiger partial charge in [0.1, 0.15) is 5.75 Å². The predicted molar refractivity (Wildman–Crippen MR) is 104 cm³/mol. The Bertz CT molecular complexity index is 864. The van der Waals surface area contributed by atoms with E-state index in [0.29, 0.717) is 24.2 Å². The van der Waals surface area contributed by atoms with Gasteiger partial charge in [-0.2, -0.15) is 0 Å². The topological polar surface area (TPSA) is 91.3 Å². The molecule has 0 aliphatic carbocycles. The molecule has 6 nitrogen and oxygen atoms in total. The number of unbranched alkanes of at least 4 members (excludes halogenated alkanes) is 1. The van der Waals surface area contributed by atoms with Gasteiger partial charge in [0.05, 0.1) is 0 Å². The van der Waals surface area contributed by atoms with Crippen LogP contribution in [0.3, 0.4) is 0 Å². The second kappa shape index (κ2) is 9.97. The lowest BCUT2D eigenvalue weighted by Crippen LogP contribution is -2.24. The van der Waals surface area contributed by atoms with Crippen LogP contribution in [0.25, 0.3) is 0 Å². The zero-order valence-corrected chi connectivity index (χ0v) is 15.5. The summed E-state index contributed by atoms with van der Waals surface area (Å²) in [4.78, 5) is 27.7. The number of pyridine rings is 1. The quantitative estimate of drug-likeness (QED) is 0.542. The first-order chi connectivity index (χ1) is 13.0. The van der Waals surface area contributed by atoms with E-state index < -0.39 is 5.91 Å². The molecule has 0 radical (unpaired) electrons. The molecule has 0 aliphatic heterocycles. The molecule has 3 N–H and O–H groups in total. The molecule has 27 heavy (non-hydrogen) atoms. The Hall–Kier alpha value is -3.33. The number of hydrogen-bond acceptors (Lipinski definition) is 4. The number of nitrogens with zero attached hydrogens (tertiary/aromatic N) is 1. The molecule has 0 saturated heterocycles. The van der Waals surface area contributed by atoms with Crippen LogP contribution in [-0.2, 0) is 0 Å². The third-order valence-electron chi connectivity index (χ3n) is 3.73. The van der Waals surface area contributed by atoms with Gasteiger partial charge in [-0.05, 0) is 43.7 Å². The second-order valence-electron chi connectivity index (χ2n) is 5.89. The average Bonchev–Trinajstić information content (AvgIpc) is 2.67. The van der Waals surface area contributed by atoms with Crippen molar-refractivity contribution in [1.82, 2.24) is 15.6 Å². The monoisotopic (exact) mass is 365 g/mol. The molecule has 1 aromatic carbocycles. The first-order valence-electron chi connectivity index (χ1n) is 8.92. The van der Waals surface area contributed by atoms with Crippen molar-refractivity contribution in [3.63, 3.8) is 0 Å². The molecule has 0 saturated carbocycles. The Morgan fingerprint density at radius 1 is 1.04 bits per heavy atom. The van der Waals surface area contributed by atoms with Gasteiger partial charge in [0, 0.05) is 36.0 Å². The van der Waals surface area contributed by atoms with Gasteiger partial charge in [-0.25, -0.2) is 4.98 Å². The summed E-state index contributed by atoms with van der Waals surface area (Å²) in [6, 6.07) is 8.37. The highest BCUT2D eigenvalue weighted by Crippen LogP contribution is 2.15. The second-order valence-corrected chi connectivity index (χ2v) is 5.89. The number of aromatic nitrogens is 1. The van der Waals surface area contributed by atoms with E-state index in [0.717, 1.165) is 18.4 Å². The first kappa shape index (κ1) is 20.0. The minimum absolute atomic E-state index is 0.0270. The summed E-state index contributed by atoms with van der Waals surface area (Å²) in [5.74, 6) is 5.09. The molecule has 2 aromatic rings. The highest BCUT2D eigenvalue weighted by atomic mass is 16.3. The number of nitrogens with one attached hydrogen (secondary N) is 2. The molecule has 1 aromatic heterocycles. The number of hydrogen-bond donors (Lipinski definition) is 3. The third-order valence-corrected chi connectivity index (χ3v) is 3.73. The van der Waals surface area contributed by atoms with Gasteiger partial charge in [-0.1, -0.05) is 25.2 Å². The fourth-order valence-electron chi connectivity index (χ4n) is 2.27. The van der Waals surface area contributed by atoms with Gasteiger partial charge in [0.25, 0.3) is 11.8 Å². The molecule has 0 fully saturated rings. The van der Waals surface area contributed by atoms with Gasteiger partial charge in [-0.3, -0.25) is 9.59 Å². The Labute approximate surface area is 159 Å². The SMILES string of the molecule is CCCCNC(=O)c1ccc(C#Cc2cnc(C(=O)NCC)c(O)c2)cc1. The van der Waals surface area contributed by atoms with Crippen LogP contribution in [0.15, 0.2) is 36.5 Å². The fourth-order valence-corrected chi connectivity index (χ4v) is 2.27. The van der Waals surface area contributed by atoms with Gasteiger partial charge >= 0.3 is 0 Å². The minimum Gasteiger partial charge on any atom is -0.505 e. The Morgan fingerprint density at radius 2 is 1.74 bits per heavy atom. The minimum atomic E-state index is -0.428. The average molecular weight is 365 g/mol. The van der Waals surface area contributed by atoms with E-state index in [9.17, 15) is 14.7 Å². The maximum Gasteiger partial charge on any atom is 0.273 e. The highest BCUT2D eigenvalue weighted by Gasteiger charge is 2.11. The van der Waals surface area contributed by atoms with Crippen LogP contribution in [0, 0.1) is 11.8 Å². The van der Waals surface area contributed by atoms with Crippen molar-refractivity contribution in [2.45, 2.75) is 26.7 Å². The molecule has 2 amide bonds. The van der Waals surface area contributed by atoms with E-state index >= 15 is 0 Å². The number of rotatable bonds is 6. The molecule has 0 atom stereocenters. The van der Waals surface area contributed by atoms with E-state index in [1.165, 1.54) is 12.3 Å². The maximum atomic E-state index is 12.0. The van der Waals surface area contributed by atoms with Crippen molar-refractivity contribution < 1.29 is 14.7 Å². The van der Waals surface area contributed by atoms with Crippen LogP contribution < -0.4 is 10.6 Å². The van der Waals surface area contributed by atoms with Crippen LogP contribution in [0.5, 0.6) is 5.75 Å². The van der Waals surface area contributed by atoms with E-state index in [4.69, 9.17) is 0 Å².